The molecule has 4 aromatic rings. The van der Waals surface area contributed by atoms with Gasteiger partial charge in [-0.2, -0.15) is 5.10 Å². The SMILES string of the molecule is C=NO/C(=N\CC(=O)NC1CCCOc2cc(-c3ccnc4[nH]c(-c5cnn(C)c5)nc34)ccc21)C(C)(C)C. The number of hydrogen-bond acceptors (Lipinski definition) is 8. The largest absolute Gasteiger partial charge is 0.493 e. The van der Waals surface area contributed by atoms with Crippen LogP contribution in [0.5, 0.6) is 5.75 Å². The fourth-order valence-corrected chi connectivity index (χ4v) is 4.56. The topological polar surface area (TPSA) is 132 Å². The van der Waals surface area contributed by atoms with Crippen LogP contribution in [0.4, 0.5) is 0 Å². The van der Waals surface area contributed by atoms with Crippen LogP contribution >= 0.6 is 0 Å². The average molecular weight is 529 g/mol. The van der Waals surface area contributed by atoms with E-state index in [0.29, 0.717) is 24.0 Å². The lowest BCUT2D eigenvalue weighted by molar-refractivity contribution is -0.120. The maximum Gasteiger partial charge on any atom is 0.242 e. The third-order valence-electron chi connectivity index (χ3n) is 6.45. The average Bonchev–Trinajstić information content (AvgIpc) is 3.48. The monoisotopic (exact) mass is 528 g/mol. The molecule has 11 nitrogen and oxygen atoms in total. The van der Waals surface area contributed by atoms with E-state index in [1.165, 1.54) is 0 Å². The predicted molar refractivity (Wildman–Crippen MR) is 150 cm³/mol. The molecule has 0 fully saturated rings. The number of imidazole rings is 1. The summed E-state index contributed by atoms with van der Waals surface area (Å²) in [5, 5.41) is 10.8. The van der Waals surface area contributed by atoms with E-state index >= 15 is 0 Å². The Morgan fingerprint density at radius 1 is 1.31 bits per heavy atom. The van der Waals surface area contributed by atoms with Crippen LogP contribution in [0.2, 0.25) is 0 Å². The van der Waals surface area contributed by atoms with Crippen LogP contribution in [0.3, 0.4) is 0 Å². The van der Waals surface area contributed by atoms with Crippen molar-refractivity contribution < 1.29 is 14.4 Å². The molecule has 39 heavy (non-hydrogen) atoms. The number of aromatic nitrogens is 5. The molecule has 0 bridgehead atoms. The van der Waals surface area contributed by atoms with Crippen LogP contribution in [0, 0.1) is 5.41 Å². The number of H-pyrrole nitrogens is 1. The molecular formula is C28H32N8O3. The van der Waals surface area contributed by atoms with Gasteiger partial charge in [-0.25, -0.2) is 15.0 Å². The summed E-state index contributed by atoms with van der Waals surface area (Å²) in [6.07, 6.45) is 6.99. The van der Waals surface area contributed by atoms with Crippen molar-refractivity contribution >= 4 is 29.7 Å². The molecular weight excluding hydrogens is 496 g/mol. The lowest BCUT2D eigenvalue weighted by Gasteiger charge is -2.20. The molecule has 2 N–H and O–H groups in total. The molecule has 1 amide bonds. The van der Waals surface area contributed by atoms with Crippen molar-refractivity contribution in [2.24, 2.45) is 22.6 Å². The number of nitrogens with one attached hydrogen (secondary N) is 2. The highest BCUT2D eigenvalue weighted by Gasteiger charge is 2.25. The van der Waals surface area contributed by atoms with Gasteiger partial charge in [-0.15, -0.1) is 0 Å². The van der Waals surface area contributed by atoms with Gasteiger partial charge in [0.05, 0.1) is 24.4 Å². The fraction of sp³-hybridized carbons (Fsp3) is 0.357. The minimum Gasteiger partial charge on any atom is -0.493 e. The van der Waals surface area contributed by atoms with Crippen molar-refractivity contribution in [1.82, 2.24) is 30.0 Å². The van der Waals surface area contributed by atoms with Crippen molar-refractivity contribution in [3.8, 4) is 28.3 Å². The zero-order valence-electron chi connectivity index (χ0n) is 22.6. The maximum atomic E-state index is 12.8. The van der Waals surface area contributed by atoms with Gasteiger partial charge < -0.3 is 19.9 Å². The molecule has 0 spiro atoms. The van der Waals surface area contributed by atoms with E-state index in [4.69, 9.17) is 14.6 Å². The van der Waals surface area contributed by atoms with E-state index in [1.807, 2.05) is 58.3 Å². The summed E-state index contributed by atoms with van der Waals surface area (Å²) in [5.41, 5.74) is 4.75. The zero-order valence-corrected chi connectivity index (χ0v) is 22.6. The summed E-state index contributed by atoms with van der Waals surface area (Å²) in [4.78, 5) is 34.9. The highest BCUT2D eigenvalue weighted by molar-refractivity contribution is 5.92. The molecule has 202 valence electrons. The van der Waals surface area contributed by atoms with Gasteiger partial charge in [-0.1, -0.05) is 38.1 Å². The number of carbonyl (C=O) groups excluding carboxylic acids is 1. The molecule has 3 aromatic heterocycles. The van der Waals surface area contributed by atoms with E-state index in [-0.39, 0.29) is 18.5 Å². The Balaban J connectivity index is 1.40. The highest BCUT2D eigenvalue weighted by Crippen LogP contribution is 2.37. The van der Waals surface area contributed by atoms with Gasteiger partial charge in [0.2, 0.25) is 11.8 Å². The minimum absolute atomic E-state index is 0.0691. The Bertz CT molecular complexity index is 1550. The van der Waals surface area contributed by atoms with Gasteiger partial charge in [0.1, 0.15) is 23.6 Å². The predicted octanol–water partition coefficient (Wildman–Crippen LogP) is 4.43. The first-order chi connectivity index (χ1) is 18.7. The second-order valence-corrected chi connectivity index (χ2v) is 10.5. The molecule has 0 aliphatic carbocycles. The van der Waals surface area contributed by atoms with Crippen molar-refractivity contribution in [1.29, 1.82) is 0 Å². The first-order valence-electron chi connectivity index (χ1n) is 12.8. The van der Waals surface area contributed by atoms with Crippen LogP contribution < -0.4 is 10.1 Å². The smallest absolute Gasteiger partial charge is 0.242 e. The zero-order chi connectivity index (χ0) is 27.6. The van der Waals surface area contributed by atoms with E-state index in [0.717, 1.165) is 46.4 Å². The fourth-order valence-electron chi connectivity index (χ4n) is 4.56. The lowest BCUT2D eigenvalue weighted by Crippen LogP contribution is -2.31. The second kappa shape index (κ2) is 10.7. The standard InChI is InChI=1S/C28H32N8O3/c1-28(2,3)27(39-29-4)31-15-23(37)33-21-7-6-12-38-22-13-17(8-9-20(21)22)19-10-11-30-26-24(19)34-25(35-26)18-14-32-36(5)16-18/h8-11,13-14,16,21H,4,6-7,12,15H2,1-3,5H3,(H,33,37)(H,30,34,35)/b31-27-. The van der Waals surface area contributed by atoms with Crippen molar-refractivity contribution in [3.05, 3.63) is 48.4 Å². The maximum absolute atomic E-state index is 12.8. The Morgan fingerprint density at radius 2 is 2.15 bits per heavy atom. The molecule has 5 rings (SSSR count). The van der Waals surface area contributed by atoms with Crippen LogP contribution in [-0.2, 0) is 16.7 Å². The Labute approximate surface area is 226 Å². The van der Waals surface area contributed by atoms with E-state index in [2.05, 4.69) is 37.2 Å². The number of rotatable bonds is 6. The van der Waals surface area contributed by atoms with Crippen LogP contribution in [0.1, 0.15) is 45.2 Å². The number of benzene rings is 1. The molecule has 1 atom stereocenters. The molecule has 11 heteroatoms. The number of pyridine rings is 1. The summed E-state index contributed by atoms with van der Waals surface area (Å²) >= 11 is 0. The molecule has 0 saturated heterocycles. The molecule has 1 aromatic carbocycles. The van der Waals surface area contributed by atoms with Gasteiger partial charge >= 0.3 is 0 Å². The van der Waals surface area contributed by atoms with Crippen LogP contribution in [0.25, 0.3) is 33.7 Å². The third-order valence-corrected chi connectivity index (χ3v) is 6.45. The molecule has 1 aliphatic rings. The number of nitrogens with zero attached hydrogens (tertiary/aromatic N) is 6. The molecule has 1 unspecified atom stereocenters. The van der Waals surface area contributed by atoms with Gasteiger partial charge in [-0.3, -0.25) is 9.48 Å². The summed E-state index contributed by atoms with van der Waals surface area (Å²) < 4.78 is 7.85. The first-order valence-corrected chi connectivity index (χ1v) is 12.8. The quantitative estimate of drug-likeness (QED) is 0.216. The van der Waals surface area contributed by atoms with Gasteiger partial charge in [0.25, 0.3) is 0 Å². The number of aromatic amines is 1. The number of carbonyl (C=O) groups is 1. The Kier molecular flexibility index (Phi) is 7.14. The molecule has 0 radical (unpaired) electrons. The van der Waals surface area contributed by atoms with Crippen molar-refractivity contribution in [3.63, 3.8) is 0 Å². The third kappa shape index (κ3) is 5.66. The van der Waals surface area contributed by atoms with Crippen molar-refractivity contribution in [2.75, 3.05) is 13.2 Å². The number of aryl methyl sites for hydroxylation is 1. The molecule has 0 saturated carbocycles. The van der Waals surface area contributed by atoms with Gasteiger partial charge in [0, 0.05) is 42.7 Å². The number of ether oxygens (including phenoxy) is 1. The van der Waals surface area contributed by atoms with Gasteiger partial charge in [-0.05, 0) is 30.5 Å². The lowest BCUT2D eigenvalue weighted by atomic mass is 9.97. The number of amides is 1. The van der Waals surface area contributed by atoms with Crippen LogP contribution in [0.15, 0.2) is 53.0 Å². The minimum atomic E-state index is -0.397. The Morgan fingerprint density at radius 3 is 2.90 bits per heavy atom. The van der Waals surface area contributed by atoms with Gasteiger partial charge in [0.15, 0.2) is 5.65 Å². The summed E-state index contributed by atoms with van der Waals surface area (Å²) in [7, 11) is 1.87. The summed E-state index contributed by atoms with van der Waals surface area (Å²) in [5.74, 6) is 1.59. The number of oxime groups is 1. The summed E-state index contributed by atoms with van der Waals surface area (Å²) in [6.45, 7) is 9.65. The molecule has 1 aliphatic heterocycles. The van der Waals surface area contributed by atoms with E-state index in [1.54, 1.807) is 17.1 Å². The van der Waals surface area contributed by atoms with Crippen molar-refractivity contribution in [2.45, 2.75) is 39.7 Å². The Hall–Kier alpha value is -4.54. The second-order valence-electron chi connectivity index (χ2n) is 10.5. The first kappa shape index (κ1) is 26.1. The molecule has 4 heterocycles. The van der Waals surface area contributed by atoms with Crippen LogP contribution in [-0.4, -0.2) is 56.4 Å². The number of aliphatic imine (C=N–C) groups is 1. The number of hydrogen-bond donors (Lipinski definition) is 2. The highest BCUT2D eigenvalue weighted by atomic mass is 16.6. The normalized spacial score (nSPS) is 15.8. The summed E-state index contributed by atoms with van der Waals surface area (Å²) in [6, 6.07) is 7.79. The van der Waals surface area contributed by atoms with E-state index in [9.17, 15) is 4.79 Å². The number of fused-ring (bicyclic) bond motifs is 2. The van der Waals surface area contributed by atoms with E-state index < -0.39 is 5.41 Å².